The van der Waals surface area contributed by atoms with E-state index in [4.69, 9.17) is 10.5 Å². The van der Waals surface area contributed by atoms with Gasteiger partial charge in [0, 0.05) is 18.0 Å². The lowest BCUT2D eigenvalue weighted by molar-refractivity contribution is -0.120. The number of amides is 1. The summed E-state index contributed by atoms with van der Waals surface area (Å²) in [6.07, 6.45) is 5.30. The molecule has 2 atom stereocenters. The average Bonchev–Trinajstić information content (AvgIpc) is 2.57. The Balaban J connectivity index is 1.58. The number of aromatic nitrogens is 1. The molecule has 1 aliphatic rings. The molecule has 3 N–H and O–H groups in total. The normalized spacial score (nSPS) is 20.7. The standard InChI is InChI=1S/C18H21N3O2/c19-14-6-4-5-13(11-14)18(22)21-15-9-10-17(20-12-15)23-16-7-2-1-3-8-16/h1-3,7-10,12-14H,4-6,11,19H2,(H,21,22). The third kappa shape index (κ3) is 4.29. The van der Waals surface area contributed by atoms with Gasteiger partial charge in [0.05, 0.1) is 11.9 Å². The molecule has 0 saturated heterocycles. The number of nitrogens with one attached hydrogen (secondary N) is 1. The van der Waals surface area contributed by atoms with Crippen molar-refractivity contribution in [2.45, 2.75) is 31.7 Å². The fourth-order valence-electron chi connectivity index (χ4n) is 2.83. The molecule has 120 valence electrons. The van der Waals surface area contributed by atoms with E-state index in [1.54, 1.807) is 18.3 Å². The van der Waals surface area contributed by atoms with E-state index in [1.807, 2.05) is 30.3 Å². The number of anilines is 1. The Morgan fingerprint density at radius 2 is 2.00 bits per heavy atom. The number of nitrogens with two attached hydrogens (primary N) is 1. The second-order valence-corrected chi connectivity index (χ2v) is 5.91. The van der Waals surface area contributed by atoms with Crippen LogP contribution in [0.3, 0.4) is 0 Å². The van der Waals surface area contributed by atoms with Gasteiger partial charge in [-0.2, -0.15) is 0 Å². The smallest absolute Gasteiger partial charge is 0.227 e. The highest BCUT2D eigenvalue weighted by Crippen LogP contribution is 2.25. The summed E-state index contributed by atoms with van der Waals surface area (Å²) in [5.41, 5.74) is 6.62. The van der Waals surface area contributed by atoms with Gasteiger partial charge in [0.2, 0.25) is 11.8 Å². The number of para-hydroxylation sites is 1. The first-order valence-corrected chi connectivity index (χ1v) is 7.96. The molecule has 1 aromatic heterocycles. The fraction of sp³-hybridized carbons (Fsp3) is 0.333. The van der Waals surface area contributed by atoms with Crippen LogP contribution < -0.4 is 15.8 Å². The minimum atomic E-state index is -0.000930. The topological polar surface area (TPSA) is 77.2 Å². The lowest BCUT2D eigenvalue weighted by atomic mass is 9.85. The van der Waals surface area contributed by atoms with Crippen LogP contribution in [0.2, 0.25) is 0 Å². The lowest BCUT2D eigenvalue weighted by Gasteiger charge is -2.25. The monoisotopic (exact) mass is 311 g/mol. The van der Waals surface area contributed by atoms with Gasteiger partial charge in [-0.25, -0.2) is 4.98 Å². The molecule has 1 fully saturated rings. The number of rotatable bonds is 4. The molecule has 1 saturated carbocycles. The third-order valence-corrected chi connectivity index (χ3v) is 4.06. The molecule has 2 unspecified atom stereocenters. The zero-order chi connectivity index (χ0) is 16.1. The number of benzene rings is 1. The molecule has 0 aliphatic heterocycles. The van der Waals surface area contributed by atoms with Crippen molar-refractivity contribution in [1.82, 2.24) is 4.98 Å². The van der Waals surface area contributed by atoms with Crippen molar-refractivity contribution < 1.29 is 9.53 Å². The molecule has 0 spiro atoms. The van der Waals surface area contributed by atoms with E-state index < -0.39 is 0 Å². The molecule has 1 heterocycles. The average molecular weight is 311 g/mol. The van der Waals surface area contributed by atoms with Crippen molar-refractivity contribution >= 4 is 11.6 Å². The Morgan fingerprint density at radius 1 is 1.17 bits per heavy atom. The van der Waals surface area contributed by atoms with Gasteiger partial charge in [0.15, 0.2) is 0 Å². The summed E-state index contributed by atoms with van der Waals surface area (Å²) < 4.78 is 5.63. The molecule has 1 aromatic carbocycles. The van der Waals surface area contributed by atoms with Crippen LogP contribution >= 0.6 is 0 Å². The Labute approximate surface area is 135 Å². The van der Waals surface area contributed by atoms with Crippen LogP contribution in [-0.2, 0) is 4.79 Å². The highest BCUT2D eigenvalue weighted by molar-refractivity contribution is 5.92. The number of ether oxygens (including phenoxy) is 1. The predicted molar refractivity (Wildman–Crippen MR) is 89.3 cm³/mol. The van der Waals surface area contributed by atoms with E-state index in [2.05, 4.69) is 10.3 Å². The van der Waals surface area contributed by atoms with Gasteiger partial charge in [-0.1, -0.05) is 24.6 Å². The molecule has 0 bridgehead atoms. The maximum Gasteiger partial charge on any atom is 0.227 e. The van der Waals surface area contributed by atoms with E-state index in [9.17, 15) is 4.79 Å². The molecule has 3 rings (SSSR count). The molecule has 5 heteroatoms. The zero-order valence-electron chi connectivity index (χ0n) is 12.9. The first-order chi connectivity index (χ1) is 11.2. The second kappa shape index (κ2) is 7.24. The largest absolute Gasteiger partial charge is 0.439 e. The molecule has 1 aliphatic carbocycles. The molecular weight excluding hydrogens is 290 g/mol. The number of carbonyl (C=O) groups is 1. The number of pyridine rings is 1. The minimum Gasteiger partial charge on any atom is -0.439 e. The van der Waals surface area contributed by atoms with E-state index in [0.717, 1.165) is 31.4 Å². The second-order valence-electron chi connectivity index (χ2n) is 5.91. The highest BCUT2D eigenvalue weighted by atomic mass is 16.5. The quantitative estimate of drug-likeness (QED) is 0.908. The first kappa shape index (κ1) is 15.5. The maximum atomic E-state index is 12.3. The molecular formula is C18H21N3O2. The summed E-state index contributed by atoms with van der Waals surface area (Å²) in [7, 11) is 0. The third-order valence-electron chi connectivity index (χ3n) is 4.06. The molecule has 0 radical (unpaired) electrons. The predicted octanol–water partition coefficient (Wildman–Crippen LogP) is 3.33. The van der Waals surface area contributed by atoms with Crippen molar-refractivity contribution in [2.75, 3.05) is 5.32 Å². The number of hydrogen-bond donors (Lipinski definition) is 2. The van der Waals surface area contributed by atoms with Crippen LogP contribution in [0.5, 0.6) is 11.6 Å². The Hall–Kier alpha value is -2.40. The summed E-state index contributed by atoms with van der Waals surface area (Å²) in [5, 5.41) is 2.91. The van der Waals surface area contributed by atoms with Crippen LogP contribution in [0, 0.1) is 5.92 Å². The molecule has 5 nitrogen and oxygen atoms in total. The van der Waals surface area contributed by atoms with Crippen LogP contribution in [0.15, 0.2) is 48.7 Å². The fourth-order valence-corrected chi connectivity index (χ4v) is 2.83. The summed E-state index contributed by atoms with van der Waals surface area (Å²) in [6, 6.07) is 13.1. The van der Waals surface area contributed by atoms with Gasteiger partial charge in [-0.15, -0.1) is 0 Å². The van der Waals surface area contributed by atoms with E-state index in [0.29, 0.717) is 11.6 Å². The Bertz CT molecular complexity index is 643. The number of nitrogens with zero attached hydrogens (tertiary/aromatic N) is 1. The summed E-state index contributed by atoms with van der Waals surface area (Å²) in [6.45, 7) is 0. The van der Waals surface area contributed by atoms with Crippen molar-refractivity contribution in [3.05, 3.63) is 48.7 Å². The number of carbonyl (C=O) groups excluding carboxylic acids is 1. The van der Waals surface area contributed by atoms with Crippen molar-refractivity contribution in [3.8, 4) is 11.6 Å². The Kier molecular flexibility index (Phi) is 4.88. The molecule has 2 aromatic rings. The van der Waals surface area contributed by atoms with E-state index in [-0.39, 0.29) is 17.9 Å². The van der Waals surface area contributed by atoms with E-state index in [1.165, 1.54) is 0 Å². The van der Waals surface area contributed by atoms with Gasteiger partial charge in [0.25, 0.3) is 0 Å². The van der Waals surface area contributed by atoms with Crippen molar-refractivity contribution in [2.24, 2.45) is 11.7 Å². The van der Waals surface area contributed by atoms with Crippen LogP contribution in [-0.4, -0.2) is 16.9 Å². The Morgan fingerprint density at radius 3 is 2.70 bits per heavy atom. The van der Waals surface area contributed by atoms with Crippen molar-refractivity contribution in [3.63, 3.8) is 0 Å². The molecule has 1 amide bonds. The summed E-state index contributed by atoms with van der Waals surface area (Å²) >= 11 is 0. The van der Waals surface area contributed by atoms with Gasteiger partial charge in [-0.05, 0) is 37.5 Å². The minimum absolute atomic E-state index is 0.000930. The highest BCUT2D eigenvalue weighted by Gasteiger charge is 2.25. The zero-order valence-corrected chi connectivity index (χ0v) is 12.9. The van der Waals surface area contributed by atoms with Gasteiger partial charge in [0.1, 0.15) is 5.75 Å². The van der Waals surface area contributed by atoms with Gasteiger partial charge in [-0.3, -0.25) is 4.79 Å². The first-order valence-electron chi connectivity index (χ1n) is 7.96. The van der Waals surface area contributed by atoms with Crippen molar-refractivity contribution in [1.29, 1.82) is 0 Å². The van der Waals surface area contributed by atoms with Crippen LogP contribution in [0.1, 0.15) is 25.7 Å². The van der Waals surface area contributed by atoms with Crippen LogP contribution in [0.25, 0.3) is 0 Å². The summed E-state index contributed by atoms with van der Waals surface area (Å²) in [5.74, 6) is 1.25. The van der Waals surface area contributed by atoms with Gasteiger partial charge >= 0.3 is 0 Å². The SMILES string of the molecule is NC1CCCC(C(=O)Nc2ccc(Oc3ccccc3)nc2)C1. The lowest BCUT2D eigenvalue weighted by Crippen LogP contribution is -2.34. The molecule has 23 heavy (non-hydrogen) atoms. The van der Waals surface area contributed by atoms with Gasteiger partial charge < -0.3 is 15.8 Å². The maximum absolute atomic E-state index is 12.3. The van der Waals surface area contributed by atoms with E-state index >= 15 is 0 Å². The number of hydrogen-bond acceptors (Lipinski definition) is 4. The van der Waals surface area contributed by atoms with Crippen LogP contribution in [0.4, 0.5) is 5.69 Å². The summed E-state index contributed by atoms with van der Waals surface area (Å²) in [4.78, 5) is 16.5.